The van der Waals surface area contributed by atoms with Crippen LogP contribution < -0.4 is 5.73 Å². The van der Waals surface area contributed by atoms with Gasteiger partial charge in [-0.15, -0.1) is 0 Å². The van der Waals surface area contributed by atoms with Gasteiger partial charge in [0.2, 0.25) is 0 Å². The van der Waals surface area contributed by atoms with Gasteiger partial charge in [0.25, 0.3) is 0 Å². The Balaban J connectivity index is 2.41. The van der Waals surface area contributed by atoms with Crippen LogP contribution in [0.4, 0.5) is 0 Å². The van der Waals surface area contributed by atoms with Gasteiger partial charge < -0.3 is 5.73 Å². The average Bonchev–Trinajstić information content (AvgIpc) is 2.83. The summed E-state index contributed by atoms with van der Waals surface area (Å²) < 4.78 is 0. The highest BCUT2D eigenvalue weighted by Crippen LogP contribution is 2.33. The highest BCUT2D eigenvalue weighted by atomic mass is 15.2. The number of hydrogen-bond donors (Lipinski definition) is 1. The molecular formula is C18H30N2. The van der Waals surface area contributed by atoms with Gasteiger partial charge >= 0.3 is 0 Å². The fraction of sp³-hybridized carbons (Fsp3) is 0.667. The largest absolute Gasteiger partial charge is 0.326 e. The molecule has 1 aromatic carbocycles. The summed E-state index contributed by atoms with van der Waals surface area (Å²) in [5.41, 5.74) is 10.7. The summed E-state index contributed by atoms with van der Waals surface area (Å²) >= 11 is 0. The topological polar surface area (TPSA) is 29.3 Å². The standard InChI is InChI=1S/C18H30N2/c1-13-8-9-15(18(3,4)5)12-16(13)17(14(2)19)20-10-6-7-11-20/h8-9,12,14,17H,6-7,10-11,19H2,1-5H3. The maximum absolute atomic E-state index is 6.33. The van der Waals surface area contributed by atoms with E-state index in [2.05, 4.69) is 57.7 Å². The first kappa shape index (κ1) is 15.5. The molecule has 112 valence electrons. The van der Waals surface area contributed by atoms with Crippen molar-refractivity contribution in [2.75, 3.05) is 13.1 Å². The lowest BCUT2D eigenvalue weighted by Gasteiger charge is -2.33. The SMILES string of the molecule is Cc1ccc(C(C)(C)C)cc1C(C(C)N)N1CCCC1. The van der Waals surface area contributed by atoms with E-state index in [1.807, 2.05) is 0 Å². The van der Waals surface area contributed by atoms with Crippen LogP contribution in [0.2, 0.25) is 0 Å². The first-order valence-electron chi connectivity index (χ1n) is 7.91. The minimum Gasteiger partial charge on any atom is -0.326 e. The number of hydrogen-bond acceptors (Lipinski definition) is 2. The van der Waals surface area contributed by atoms with E-state index in [0.29, 0.717) is 6.04 Å². The van der Waals surface area contributed by atoms with Crippen molar-refractivity contribution in [1.29, 1.82) is 0 Å². The van der Waals surface area contributed by atoms with Crippen LogP contribution in [0.5, 0.6) is 0 Å². The van der Waals surface area contributed by atoms with E-state index < -0.39 is 0 Å². The van der Waals surface area contributed by atoms with Crippen LogP contribution in [0.1, 0.15) is 63.3 Å². The molecule has 1 fully saturated rings. The van der Waals surface area contributed by atoms with Crippen molar-refractivity contribution in [2.45, 2.75) is 65.0 Å². The highest BCUT2D eigenvalue weighted by Gasteiger charge is 2.28. The zero-order valence-corrected chi connectivity index (χ0v) is 13.7. The van der Waals surface area contributed by atoms with Crippen LogP contribution in [0.15, 0.2) is 18.2 Å². The van der Waals surface area contributed by atoms with Crippen molar-refractivity contribution in [2.24, 2.45) is 5.73 Å². The maximum Gasteiger partial charge on any atom is 0.0499 e. The fourth-order valence-corrected chi connectivity index (χ4v) is 3.26. The Morgan fingerprint density at radius 3 is 2.25 bits per heavy atom. The smallest absolute Gasteiger partial charge is 0.0499 e. The van der Waals surface area contributed by atoms with Crippen LogP contribution in [0.3, 0.4) is 0 Å². The summed E-state index contributed by atoms with van der Waals surface area (Å²) in [7, 11) is 0. The predicted octanol–water partition coefficient (Wildman–Crippen LogP) is 3.78. The van der Waals surface area contributed by atoms with Gasteiger partial charge in [-0.2, -0.15) is 0 Å². The number of likely N-dealkylation sites (tertiary alicyclic amines) is 1. The van der Waals surface area contributed by atoms with Crippen LogP contribution in [-0.4, -0.2) is 24.0 Å². The molecule has 0 saturated carbocycles. The lowest BCUT2D eigenvalue weighted by molar-refractivity contribution is 0.218. The highest BCUT2D eigenvalue weighted by molar-refractivity contribution is 5.37. The number of aryl methyl sites for hydroxylation is 1. The Hall–Kier alpha value is -0.860. The van der Waals surface area contributed by atoms with Gasteiger partial charge in [-0.1, -0.05) is 39.0 Å². The monoisotopic (exact) mass is 274 g/mol. The normalized spacial score (nSPS) is 20.1. The molecule has 1 aliphatic rings. The van der Waals surface area contributed by atoms with Crippen molar-refractivity contribution in [1.82, 2.24) is 4.90 Å². The van der Waals surface area contributed by atoms with Crippen LogP contribution >= 0.6 is 0 Å². The summed E-state index contributed by atoms with van der Waals surface area (Å²) in [5.74, 6) is 0. The number of rotatable bonds is 3. The van der Waals surface area contributed by atoms with E-state index in [1.165, 1.54) is 42.6 Å². The third-order valence-corrected chi connectivity index (χ3v) is 4.50. The quantitative estimate of drug-likeness (QED) is 0.909. The molecule has 0 amide bonds. The van der Waals surface area contributed by atoms with Crippen molar-refractivity contribution in [3.8, 4) is 0 Å². The van der Waals surface area contributed by atoms with E-state index in [4.69, 9.17) is 5.73 Å². The molecule has 20 heavy (non-hydrogen) atoms. The van der Waals surface area contributed by atoms with Gasteiger partial charge in [-0.3, -0.25) is 4.90 Å². The maximum atomic E-state index is 6.33. The zero-order chi connectivity index (χ0) is 14.9. The third kappa shape index (κ3) is 3.24. The third-order valence-electron chi connectivity index (χ3n) is 4.50. The first-order valence-corrected chi connectivity index (χ1v) is 7.91. The number of nitrogens with two attached hydrogens (primary N) is 1. The average molecular weight is 274 g/mol. The molecule has 0 aromatic heterocycles. The van der Waals surface area contributed by atoms with Gasteiger partial charge in [-0.05, 0) is 61.9 Å². The molecule has 2 N–H and O–H groups in total. The van der Waals surface area contributed by atoms with Gasteiger partial charge in [0.1, 0.15) is 0 Å². The molecule has 1 saturated heterocycles. The second-order valence-electron chi connectivity index (χ2n) is 7.37. The molecule has 0 radical (unpaired) electrons. The molecule has 2 rings (SSSR count). The number of benzene rings is 1. The summed E-state index contributed by atoms with van der Waals surface area (Å²) in [6.07, 6.45) is 2.61. The second-order valence-corrected chi connectivity index (χ2v) is 7.37. The summed E-state index contributed by atoms with van der Waals surface area (Å²) in [5, 5.41) is 0. The van der Waals surface area contributed by atoms with Crippen molar-refractivity contribution >= 4 is 0 Å². The van der Waals surface area contributed by atoms with Gasteiger partial charge in [0.15, 0.2) is 0 Å². The Morgan fingerprint density at radius 1 is 1.15 bits per heavy atom. The molecule has 2 heteroatoms. The molecule has 1 aliphatic heterocycles. The van der Waals surface area contributed by atoms with E-state index >= 15 is 0 Å². The molecule has 0 aliphatic carbocycles. The Labute approximate surface area is 124 Å². The summed E-state index contributed by atoms with van der Waals surface area (Å²) in [6.45, 7) is 13.6. The minimum absolute atomic E-state index is 0.169. The van der Waals surface area contributed by atoms with Crippen LogP contribution in [0.25, 0.3) is 0 Å². The fourth-order valence-electron chi connectivity index (χ4n) is 3.26. The van der Waals surface area contributed by atoms with E-state index in [0.717, 1.165) is 0 Å². The van der Waals surface area contributed by atoms with E-state index in [9.17, 15) is 0 Å². The van der Waals surface area contributed by atoms with Crippen molar-refractivity contribution < 1.29 is 0 Å². The van der Waals surface area contributed by atoms with E-state index in [-0.39, 0.29) is 11.5 Å². The molecule has 1 heterocycles. The van der Waals surface area contributed by atoms with Crippen molar-refractivity contribution in [3.63, 3.8) is 0 Å². The summed E-state index contributed by atoms with van der Waals surface area (Å²) in [6, 6.07) is 7.45. The zero-order valence-electron chi connectivity index (χ0n) is 13.7. The Kier molecular flexibility index (Phi) is 4.55. The second kappa shape index (κ2) is 5.87. The molecule has 1 aromatic rings. The molecule has 2 atom stereocenters. The first-order chi connectivity index (χ1) is 9.30. The molecule has 0 spiro atoms. The minimum atomic E-state index is 0.169. The van der Waals surface area contributed by atoms with Crippen molar-refractivity contribution in [3.05, 3.63) is 34.9 Å². The number of nitrogens with zero attached hydrogens (tertiary/aromatic N) is 1. The molecule has 2 unspecified atom stereocenters. The Morgan fingerprint density at radius 2 is 1.75 bits per heavy atom. The Bertz CT molecular complexity index is 451. The lowest BCUT2D eigenvalue weighted by atomic mass is 9.83. The van der Waals surface area contributed by atoms with Gasteiger partial charge in [0, 0.05) is 12.1 Å². The molecule has 0 bridgehead atoms. The van der Waals surface area contributed by atoms with Gasteiger partial charge in [-0.25, -0.2) is 0 Å². The predicted molar refractivity (Wildman–Crippen MR) is 87.1 cm³/mol. The van der Waals surface area contributed by atoms with Crippen LogP contribution in [-0.2, 0) is 5.41 Å². The summed E-state index contributed by atoms with van der Waals surface area (Å²) in [4.78, 5) is 2.57. The lowest BCUT2D eigenvalue weighted by Crippen LogP contribution is -2.38. The van der Waals surface area contributed by atoms with Gasteiger partial charge in [0.05, 0.1) is 0 Å². The van der Waals surface area contributed by atoms with E-state index in [1.54, 1.807) is 0 Å². The van der Waals surface area contributed by atoms with Crippen LogP contribution in [0, 0.1) is 6.92 Å². The molecule has 2 nitrogen and oxygen atoms in total. The molecular weight excluding hydrogens is 244 g/mol.